The van der Waals surface area contributed by atoms with E-state index < -0.39 is 0 Å². The van der Waals surface area contributed by atoms with Crippen molar-refractivity contribution in [2.45, 2.75) is 45.4 Å². The standard InChI is InChI=1S/C15H21NO/c1-15(2,3)12-7-9-13(10-8-12)16-11-5-4-6-14(16)17/h7-10H,4-6,11H2,1-3H3. The average Bonchev–Trinajstić information content (AvgIpc) is 2.29. The van der Waals surface area contributed by atoms with Crippen molar-refractivity contribution < 1.29 is 4.79 Å². The minimum Gasteiger partial charge on any atom is -0.312 e. The molecule has 1 amide bonds. The van der Waals surface area contributed by atoms with Crippen LogP contribution in [0.15, 0.2) is 24.3 Å². The van der Waals surface area contributed by atoms with Gasteiger partial charge in [-0.3, -0.25) is 4.79 Å². The summed E-state index contributed by atoms with van der Waals surface area (Å²) in [5.41, 5.74) is 2.53. The molecule has 2 heteroatoms. The lowest BCUT2D eigenvalue weighted by Crippen LogP contribution is -2.35. The summed E-state index contributed by atoms with van der Waals surface area (Å²) in [4.78, 5) is 13.7. The Morgan fingerprint density at radius 2 is 1.71 bits per heavy atom. The monoisotopic (exact) mass is 231 g/mol. The van der Waals surface area contributed by atoms with E-state index in [4.69, 9.17) is 0 Å². The van der Waals surface area contributed by atoms with Gasteiger partial charge in [-0.05, 0) is 36.0 Å². The molecule has 0 saturated carbocycles. The molecule has 2 rings (SSSR count). The Morgan fingerprint density at radius 1 is 1.06 bits per heavy atom. The zero-order valence-corrected chi connectivity index (χ0v) is 11.0. The lowest BCUT2D eigenvalue weighted by atomic mass is 9.87. The summed E-state index contributed by atoms with van der Waals surface area (Å²) in [6, 6.07) is 8.42. The second kappa shape index (κ2) is 4.52. The Kier molecular flexibility index (Phi) is 3.23. The number of hydrogen-bond acceptors (Lipinski definition) is 1. The number of rotatable bonds is 1. The molecule has 0 aromatic heterocycles. The molecule has 92 valence electrons. The van der Waals surface area contributed by atoms with Crippen LogP contribution in [0.1, 0.15) is 45.6 Å². The van der Waals surface area contributed by atoms with Gasteiger partial charge < -0.3 is 4.90 Å². The summed E-state index contributed by atoms with van der Waals surface area (Å²) in [6.45, 7) is 7.48. The van der Waals surface area contributed by atoms with Crippen LogP contribution >= 0.6 is 0 Å². The molecule has 0 spiro atoms. The van der Waals surface area contributed by atoms with Crippen LogP contribution in [-0.4, -0.2) is 12.5 Å². The van der Waals surface area contributed by atoms with Gasteiger partial charge in [0.05, 0.1) is 0 Å². The van der Waals surface area contributed by atoms with E-state index in [2.05, 4.69) is 45.0 Å². The highest BCUT2D eigenvalue weighted by atomic mass is 16.2. The van der Waals surface area contributed by atoms with Crippen molar-refractivity contribution in [3.63, 3.8) is 0 Å². The Labute approximate surface area is 104 Å². The van der Waals surface area contributed by atoms with Crippen LogP contribution in [0.3, 0.4) is 0 Å². The molecular formula is C15H21NO. The first-order valence-corrected chi connectivity index (χ1v) is 6.39. The molecule has 1 fully saturated rings. The van der Waals surface area contributed by atoms with E-state index in [1.54, 1.807) is 0 Å². The van der Waals surface area contributed by atoms with Crippen LogP contribution in [-0.2, 0) is 10.2 Å². The molecule has 1 aromatic carbocycles. The molecule has 0 bridgehead atoms. The lowest BCUT2D eigenvalue weighted by molar-refractivity contribution is -0.119. The maximum atomic E-state index is 11.8. The third kappa shape index (κ3) is 2.68. The molecule has 1 heterocycles. The van der Waals surface area contributed by atoms with Crippen molar-refractivity contribution >= 4 is 11.6 Å². The van der Waals surface area contributed by atoms with Crippen LogP contribution in [0.5, 0.6) is 0 Å². The number of piperidine rings is 1. The molecule has 0 aliphatic carbocycles. The van der Waals surface area contributed by atoms with Crippen molar-refractivity contribution in [2.75, 3.05) is 11.4 Å². The molecule has 0 N–H and O–H groups in total. The third-order valence-corrected chi connectivity index (χ3v) is 3.37. The summed E-state index contributed by atoms with van der Waals surface area (Å²) >= 11 is 0. The summed E-state index contributed by atoms with van der Waals surface area (Å²) in [5.74, 6) is 0.264. The van der Waals surface area contributed by atoms with Gasteiger partial charge in [-0.15, -0.1) is 0 Å². The first-order chi connectivity index (χ1) is 7.98. The van der Waals surface area contributed by atoms with Gasteiger partial charge in [-0.2, -0.15) is 0 Å². The summed E-state index contributed by atoms with van der Waals surface area (Å²) in [7, 11) is 0. The SMILES string of the molecule is CC(C)(C)c1ccc(N2CCCCC2=O)cc1. The average molecular weight is 231 g/mol. The number of nitrogens with zero attached hydrogens (tertiary/aromatic N) is 1. The topological polar surface area (TPSA) is 20.3 Å². The Balaban J connectivity index is 2.20. The van der Waals surface area contributed by atoms with Gasteiger partial charge in [0.2, 0.25) is 5.91 Å². The van der Waals surface area contributed by atoms with Crippen molar-refractivity contribution in [1.82, 2.24) is 0 Å². The number of carbonyl (C=O) groups is 1. The largest absolute Gasteiger partial charge is 0.312 e. The maximum absolute atomic E-state index is 11.8. The third-order valence-electron chi connectivity index (χ3n) is 3.37. The molecular weight excluding hydrogens is 210 g/mol. The lowest BCUT2D eigenvalue weighted by Gasteiger charge is -2.27. The zero-order valence-electron chi connectivity index (χ0n) is 11.0. The van der Waals surface area contributed by atoms with Gasteiger partial charge in [-0.25, -0.2) is 0 Å². The molecule has 2 nitrogen and oxygen atoms in total. The van der Waals surface area contributed by atoms with Crippen LogP contribution in [0.25, 0.3) is 0 Å². The minimum absolute atomic E-state index is 0.171. The quantitative estimate of drug-likeness (QED) is 0.724. The number of benzene rings is 1. The molecule has 1 aromatic rings. The van der Waals surface area contributed by atoms with Crippen LogP contribution < -0.4 is 4.90 Å². The molecule has 0 radical (unpaired) electrons. The number of carbonyl (C=O) groups excluding carboxylic acids is 1. The van der Waals surface area contributed by atoms with Gasteiger partial charge in [0.25, 0.3) is 0 Å². The Hall–Kier alpha value is -1.31. The normalized spacial score (nSPS) is 17.4. The molecule has 1 saturated heterocycles. The fourth-order valence-electron chi connectivity index (χ4n) is 2.22. The number of hydrogen-bond donors (Lipinski definition) is 0. The first kappa shape index (κ1) is 12.2. The van der Waals surface area contributed by atoms with Crippen LogP contribution in [0.4, 0.5) is 5.69 Å². The van der Waals surface area contributed by atoms with Crippen LogP contribution in [0.2, 0.25) is 0 Å². The van der Waals surface area contributed by atoms with Gasteiger partial charge in [-0.1, -0.05) is 32.9 Å². The van der Waals surface area contributed by atoms with E-state index in [1.807, 2.05) is 4.90 Å². The highest BCUT2D eigenvalue weighted by Gasteiger charge is 2.20. The second-order valence-electron chi connectivity index (χ2n) is 5.80. The van der Waals surface area contributed by atoms with E-state index in [0.29, 0.717) is 6.42 Å². The summed E-state index contributed by atoms with van der Waals surface area (Å²) in [6.07, 6.45) is 2.85. The smallest absolute Gasteiger partial charge is 0.226 e. The minimum atomic E-state index is 0.171. The van der Waals surface area contributed by atoms with Crippen molar-refractivity contribution in [2.24, 2.45) is 0 Å². The first-order valence-electron chi connectivity index (χ1n) is 6.39. The summed E-state index contributed by atoms with van der Waals surface area (Å²) < 4.78 is 0. The van der Waals surface area contributed by atoms with E-state index in [-0.39, 0.29) is 11.3 Å². The predicted molar refractivity (Wildman–Crippen MR) is 71.3 cm³/mol. The number of anilines is 1. The molecule has 0 unspecified atom stereocenters. The van der Waals surface area contributed by atoms with Gasteiger partial charge >= 0.3 is 0 Å². The van der Waals surface area contributed by atoms with Crippen molar-refractivity contribution in [3.8, 4) is 0 Å². The highest BCUT2D eigenvalue weighted by molar-refractivity contribution is 5.93. The van der Waals surface area contributed by atoms with Gasteiger partial charge in [0, 0.05) is 18.7 Å². The number of amides is 1. The zero-order chi connectivity index (χ0) is 12.5. The van der Waals surface area contributed by atoms with Gasteiger partial charge in [0.15, 0.2) is 0 Å². The molecule has 17 heavy (non-hydrogen) atoms. The van der Waals surface area contributed by atoms with Crippen LogP contribution in [0, 0.1) is 0 Å². The second-order valence-corrected chi connectivity index (χ2v) is 5.80. The molecule has 1 aliphatic heterocycles. The van der Waals surface area contributed by atoms with E-state index >= 15 is 0 Å². The molecule has 0 atom stereocenters. The van der Waals surface area contributed by atoms with Crippen molar-refractivity contribution in [1.29, 1.82) is 0 Å². The summed E-state index contributed by atoms with van der Waals surface area (Å²) in [5, 5.41) is 0. The van der Waals surface area contributed by atoms with Crippen molar-refractivity contribution in [3.05, 3.63) is 29.8 Å². The van der Waals surface area contributed by atoms with E-state index in [9.17, 15) is 4.79 Å². The Morgan fingerprint density at radius 3 is 2.24 bits per heavy atom. The fraction of sp³-hybridized carbons (Fsp3) is 0.533. The predicted octanol–water partition coefficient (Wildman–Crippen LogP) is 3.50. The maximum Gasteiger partial charge on any atom is 0.226 e. The van der Waals surface area contributed by atoms with E-state index in [0.717, 1.165) is 25.1 Å². The fourth-order valence-corrected chi connectivity index (χ4v) is 2.22. The van der Waals surface area contributed by atoms with Gasteiger partial charge in [0.1, 0.15) is 0 Å². The Bertz CT molecular complexity index is 400. The highest BCUT2D eigenvalue weighted by Crippen LogP contribution is 2.26. The molecule has 1 aliphatic rings. The van der Waals surface area contributed by atoms with E-state index in [1.165, 1.54) is 5.56 Å².